The maximum Gasteiger partial charge on any atom is 0.123 e. The molecule has 0 N–H and O–H groups in total. The summed E-state index contributed by atoms with van der Waals surface area (Å²) in [6, 6.07) is 75.3. The molecule has 4 nitrogen and oxygen atoms in total. The third kappa shape index (κ3) is 6.82. The fourth-order valence-electron chi connectivity index (χ4n) is 9.97. The summed E-state index contributed by atoms with van der Waals surface area (Å²) in [5, 5.41) is 3.53. The van der Waals surface area contributed by atoms with Gasteiger partial charge in [0.25, 0.3) is 0 Å². The van der Waals surface area contributed by atoms with E-state index in [0.29, 0.717) is 0 Å². The molecule has 2 aromatic heterocycles. The minimum atomic E-state index is -0.281. The topological polar surface area (TPSA) is 16.3 Å². The zero-order valence-corrected chi connectivity index (χ0v) is 35.8. The number of hydrogen-bond donors (Lipinski definition) is 0. The summed E-state index contributed by atoms with van der Waals surface area (Å²) >= 11 is 0. The van der Waals surface area contributed by atoms with Crippen molar-refractivity contribution in [2.45, 2.75) is 12.5 Å². The van der Waals surface area contributed by atoms with Crippen molar-refractivity contribution < 1.29 is 8.78 Å². The lowest BCUT2D eigenvalue weighted by molar-refractivity contribution is 0.627. The first-order valence-electron chi connectivity index (χ1n) is 22.3. The number of para-hydroxylation sites is 4. The van der Waals surface area contributed by atoms with Crippen LogP contribution in [-0.4, -0.2) is 15.2 Å². The highest BCUT2D eigenvalue weighted by Crippen LogP contribution is 2.42. The molecule has 12 rings (SSSR count). The van der Waals surface area contributed by atoms with Crippen LogP contribution < -0.4 is 9.80 Å². The fourth-order valence-corrected chi connectivity index (χ4v) is 9.97. The average Bonchev–Trinajstić information content (AvgIpc) is 3.89. The van der Waals surface area contributed by atoms with Gasteiger partial charge in [-0.3, -0.25) is 0 Å². The number of aromatic nitrogens is 2. The van der Waals surface area contributed by atoms with Crippen LogP contribution >= 0.6 is 0 Å². The van der Waals surface area contributed by atoms with Gasteiger partial charge in [-0.05, 0) is 157 Å². The summed E-state index contributed by atoms with van der Waals surface area (Å²) < 4.78 is 33.4. The highest BCUT2D eigenvalue weighted by atomic mass is 19.1. The van der Waals surface area contributed by atoms with Crippen LogP contribution in [0.1, 0.15) is 11.3 Å². The van der Waals surface area contributed by atoms with Gasteiger partial charge in [0.15, 0.2) is 0 Å². The van der Waals surface area contributed by atoms with Crippen LogP contribution in [0.15, 0.2) is 231 Å². The molecule has 1 atom stereocenters. The number of nitrogens with zero attached hydrogens (tertiary/aromatic N) is 4. The van der Waals surface area contributed by atoms with E-state index in [1.165, 1.54) is 46.4 Å². The molecule has 0 amide bonds. The Bertz CT molecular complexity index is 3560. The van der Waals surface area contributed by atoms with Crippen LogP contribution in [-0.2, 0) is 6.42 Å². The Labute approximate surface area is 381 Å². The maximum absolute atomic E-state index is 14.4. The third-order valence-corrected chi connectivity index (χ3v) is 13.0. The molecule has 6 heteroatoms. The van der Waals surface area contributed by atoms with Crippen molar-refractivity contribution in [1.82, 2.24) is 9.13 Å². The Balaban J connectivity index is 0.886. The largest absolute Gasteiger partial charge is 0.334 e. The van der Waals surface area contributed by atoms with E-state index in [4.69, 9.17) is 0 Å². The van der Waals surface area contributed by atoms with Crippen molar-refractivity contribution in [3.63, 3.8) is 0 Å². The third-order valence-electron chi connectivity index (χ3n) is 13.0. The molecule has 316 valence electrons. The zero-order valence-electron chi connectivity index (χ0n) is 35.8. The number of hydrogen-bond acceptors (Lipinski definition) is 2. The predicted octanol–water partition coefficient (Wildman–Crippen LogP) is 15.9. The minimum absolute atomic E-state index is 0.0188. The predicted molar refractivity (Wildman–Crippen MR) is 269 cm³/mol. The van der Waals surface area contributed by atoms with Crippen molar-refractivity contribution in [1.29, 1.82) is 0 Å². The number of rotatable bonds is 9. The van der Waals surface area contributed by atoms with Crippen LogP contribution in [0.5, 0.6) is 0 Å². The molecule has 1 unspecified atom stereocenters. The van der Waals surface area contributed by atoms with Gasteiger partial charge in [-0.2, -0.15) is 0 Å². The van der Waals surface area contributed by atoms with E-state index in [-0.39, 0.29) is 17.7 Å². The van der Waals surface area contributed by atoms with Crippen LogP contribution in [0.3, 0.4) is 0 Å². The molecule has 0 aliphatic heterocycles. The van der Waals surface area contributed by atoms with Gasteiger partial charge in [0.1, 0.15) is 11.6 Å². The van der Waals surface area contributed by atoms with Crippen LogP contribution in [0, 0.1) is 11.6 Å². The van der Waals surface area contributed by atoms with Gasteiger partial charge in [-0.15, -0.1) is 0 Å². The molecule has 0 bridgehead atoms. The van der Waals surface area contributed by atoms with Gasteiger partial charge in [0.05, 0.1) is 22.6 Å². The van der Waals surface area contributed by atoms with E-state index in [0.717, 1.165) is 79.2 Å². The Morgan fingerprint density at radius 1 is 0.394 bits per heavy atom. The summed E-state index contributed by atoms with van der Waals surface area (Å²) in [4.78, 5) is 4.50. The second-order valence-electron chi connectivity index (χ2n) is 16.8. The van der Waals surface area contributed by atoms with Gasteiger partial charge < -0.3 is 18.9 Å². The monoisotopic (exact) mass is 856 g/mol. The summed E-state index contributed by atoms with van der Waals surface area (Å²) in [5.74, 6) is -0.545. The fraction of sp³-hybridized carbons (Fsp3) is 0.0333. The highest BCUT2D eigenvalue weighted by molar-refractivity contribution is 6.10. The molecule has 0 spiro atoms. The number of anilines is 5. The SMILES string of the molecule is Fc1ccc(N(c2ccc(-c3ccc(N(c4ccc(F)cc4)C4C=Cc5c(c6ccccc6n5-c5ccccc5)C4)cc3)cc2)c2ccc3c(c2)c2ccccc2n3-c2ccccc2)cc1. The van der Waals surface area contributed by atoms with Crippen LogP contribution in [0.4, 0.5) is 37.2 Å². The summed E-state index contributed by atoms with van der Waals surface area (Å²) in [5.41, 5.74) is 15.0. The molecule has 9 aromatic carbocycles. The lowest BCUT2D eigenvalue weighted by atomic mass is 9.94. The number of benzene rings is 9. The first-order chi connectivity index (χ1) is 32.6. The lowest BCUT2D eigenvalue weighted by Gasteiger charge is -2.34. The minimum Gasteiger partial charge on any atom is -0.334 e. The highest BCUT2D eigenvalue weighted by Gasteiger charge is 2.28. The van der Waals surface area contributed by atoms with Crippen LogP contribution in [0.25, 0.3) is 61.3 Å². The molecule has 0 saturated heterocycles. The summed E-state index contributed by atoms with van der Waals surface area (Å²) in [6.45, 7) is 0. The van der Waals surface area contributed by atoms with Crippen LogP contribution in [0.2, 0.25) is 0 Å². The normalized spacial score (nSPS) is 13.3. The van der Waals surface area contributed by atoms with E-state index in [1.54, 1.807) is 0 Å². The Kier molecular flexibility index (Phi) is 9.64. The Morgan fingerprint density at radius 2 is 0.848 bits per heavy atom. The first-order valence-corrected chi connectivity index (χ1v) is 22.3. The van der Waals surface area contributed by atoms with E-state index >= 15 is 0 Å². The molecule has 11 aromatic rings. The summed E-state index contributed by atoms with van der Waals surface area (Å²) in [6.07, 6.45) is 5.31. The molecule has 0 radical (unpaired) electrons. The molecular weight excluding hydrogens is 815 g/mol. The van der Waals surface area contributed by atoms with E-state index < -0.39 is 0 Å². The summed E-state index contributed by atoms with van der Waals surface area (Å²) in [7, 11) is 0. The second kappa shape index (κ2) is 16.3. The first kappa shape index (κ1) is 39.1. The van der Waals surface area contributed by atoms with Gasteiger partial charge in [-0.25, -0.2) is 8.78 Å². The van der Waals surface area contributed by atoms with Gasteiger partial charge in [0, 0.05) is 61.7 Å². The Hall–Kier alpha value is -8.48. The van der Waals surface area contributed by atoms with Gasteiger partial charge >= 0.3 is 0 Å². The van der Waals surface area contributed by atoms with E-state index in [9.17, 15) is 8.78 Å². The van der Waals surface area contributed by atoms with Crippen molar-refractivity contribution in [3.8, 4) is 22.5 Å². The number of fused-ring (bicyclic) bond motifs is 6. The van der Waals surface area contributed by atoms with Crippen molar-refractivity contribution in [3.05, 3.63) is 253 Å². The Morgan fingerprint density at radius 3 is 1.45 bits per heavy atom. The van der Waals surface area contributed by atoms with Gasteiger partial charge in [0.2, 0.25) is 0 Å². The number of halogens is 2. The van der Waals surface area contributed by atoms with Gasteiger partial charge in [-0.1, -0.05) is 103 Å². The average molecular weight is 857 g/mol. The lowest BCUT2D eigenvalue weighted by Crippen LogP contribution is -2.33. The zero-order chi connectivity index (χ0) is 44.1. The quantitative estimate of drug-likeness (QED) is 0.144. The molecule has 1 aliphatic rings. The molecule has 0 saturated carbocycles. The second-order valence-corrected chi connectivity index (χ2v) is 16.8. The standard InChI is InChI=1S/C60H42F2N4/c61-43-23-31-49(32-24-43)63(51-35-37-59-55(39-51)53-15-7-9-17-57(53)65(59)45-11-3-1-4-12-45)47-27-19-41(20-28-47)42-21-29-48(30-22-42)64(50-33-25-44(62)26-34-50)52-36-38-60-56(40-52)54-16-8-10-18-58(54)66(60)46-13-5-2-6-14-46/h1-39,52H,40H2. The van der Waals surface area contributed by atoms with E-state index in [1.807, 2.05) is 36.4 Å². The van der Waals surface area contributed by atoms with Crippen molar-refractivity contribution in [2.24, 2.45) is 0 Å². The molecule has 66 heavy (non-hydrogen) atoms. The van der Waals surface area contributed by atoms with Crippen molar-refractivity contribution in [2.75, 3.05) is 9.80 Å². The van der Waals surface area contributed by atoms with Crippen molar-refractivity contribution >= 4 is 67.2 Å². The van der Waals surface area contributed by atoms with E-state index in [2.05, 4.69) is 195 Å². The molecular formula is C60H42F2N4. The molecule has 2 heterocycles. The maximum atomic E-state index is 14.4. The molecule has 0 fully saturated rings. The molecule has 1 aliphatic carbocycles. The smallest absolute Gasteiger partial charge is 0.123 e.